The van der Waals surface area contributed by atoms with Gasteiger partial charge < -0.3 is 63.9 Å². The molecule has 0 bridgehead atoms. The van der Waals surface area contributed by atoms with E-state index in [1.165, 1.54) is 89.9 Å². The SMILES string of the molecule is CCCCCCCCCCCC[N+](C)(C)CC(O)COC[C@H]1O[C@H](OC[C@H]2O[C@@H](OCCCCCCCCCC)[C@H](O)[C@@H](O)[C@@H]2O)[C@H](O)[C@@H](O)[C@@H]1O. The average molecular weight is 753 g/mol. The minimum atomic E-state index is -1.62. The number of quaternary nitrogens is 1. The van der Waals surface area contributed by atoms with Gasteiger partial charge in [0.1, 0.15) is 61.5 Å². The van der Waals surface area contributed by atoms with E-state index in [0.29, 0.717) is 17.6 Å². The van der Waals surface area contributed by atoms with Gasteiger partial charge in [0.15, 0.2) is 12.6 Å². The van der Waals surface area contributed by atoms with Crippen LogP contribution in [0.4, 0.5) is 0 Å². The molecule has 0 spiro atoms. The van der Waals surface area contributed by atoms with Crippen LogP contribution in [0.5, 0.6) is 0 Å². The van der Waals surface area contributed by atoms with E-state index in [2.05, 4.69) is 27.9 Å². The third kappa shape index (κ3) is 18.4. The Morgan fingerprint density at radius 3 is 1.44 bits per heavy atom. The largest absolute Gasteiger partial charge is 0.387 e. The maximum absolute atomic E-state index is 10.7. The molecular formula is C39H78NO12+. The van der Waals surface area contributed by atoms with Crippen molar-refractivity contribution in [2.75, 3.05) is 53.6 Å². The highest BCUT2D eigenvalue weighted by Crippen LogP contribution is 2.26. The molecule has 0 saturated carbocycles. The number of hydrogen-bond acceptors (Lipinski definition) is 12. The van der Waals surface area contributed by atoms with Crippen molar-refractivity contribution in [3.63, 3.8) is 0 Å². The van der Waals surface area contributed by atoms with E-state index in [4.69, 9.17) is 23.7 Å². The van der Waals surface area contributed by atoms with E-state index in [1.807, 2.05) is 0 Å². The lowest BCUT2D eigenvalue weighted by molar-refractivity contribution is -0.893. The van der Waals surface area contributed by atoms with Gasteiger partial charge in [0.05, 0.1) is 40.5 Å². The second-order valence-electron chi connectivity index (χ2n) is 15.9. The third-order valence-electron chi connectivity index (χ3n) is 10.5. The lowest BCUT2D eigenvalue weighted by atomic mass is 9.98. The van der Waals surface area contributed by atoms with Crippen LogP contribution >= 0.6 is 0 Å². The Hall–Kier alpha value is -0.520. The molecule has 1 unspecified atom stereocenters. The molecule has 2 heterocycles. The average Bonchev–Trinajstić information content (AvgIpc) is 3.11. The summed E-state index contributed by atoms with van der Waals surface area (Å²) in [6.07, 6.45) is 6.87. The molecule has 310 valence electrons. The van der Waals surface area contributed by atoms with Crippen molar-refractivity contribution in [1.29, 1.82) is 0 Å². The molecule has 2 aliphatic heterocycles. The summed E-state index contributed by atoms with van der Waals surface area (Å²) < 4.78 is 29.2. The van der Waals surface area contributed by atoms with Crippen LogP contribution < -0.4 is 0 Å². The zero-order valence-electron chi connectivity index (χ0n) is 32.9. The van der Waals surface area contributed by atoms with Gasteiger partial charge in [-0.3, -0.25) is 0 Å². The molecule has 7 N–H and O–H groups in total. The quantitative estimate of drug-likeness (QED) is 0.0421. The van der Waals surface area contributed by atoms with Crippen molar-refractivity contribution in [3.8, 4) is 0 Å². The minimum Gasteiger partial charge on any atom is -0.387 e. The van der Waals surface area contributed by atoms with Crippen molar-refractivity contribution in [1.82, 2.24) is 0 Å². The zero-order valence-corrected chi connectivity index (χ0v) is 32.9. The molecule has 13 nitrogen and oxygen atoms in total. The Labute approximate surface area is 314 Å². The molecule has 11 atom stereocenters. The summed E-state index contributed by atoms with van der Waals surface area (Å²) in [6, 6.07) is 0. The Morgan fingerprint density at radius 2 is 0.942 bits per heavy atom. The first-order valence-electron chi connectivity index (χ1n) is 20.6. The lowest BCUT2D eigenvalue weighted by Crippen LogP contribution is -2.61. The smallest absolute Gasteiger partial charge is 0.186 e. The Balaban J connectivity index is 1.72. The van der Waals surface area contributed by atoms with E-state index < -0.39 is 67.5 Å². The summed E-state index contributed by atoms with van der Waals surface area (Å²) in [5, 5.41) is 73.8. The Kier molecular flexibility index (Phi) is 24.9. The summed E-state index contributed by atoms with van der Waals surface area (Å²) in [5.41, 5.74) is 0. The number of aliphatic hydroxyl groups excluding tert-OH is 7. The topological polar surface area (TPSA) is 188 Å². The van der Waals surface area contributed by atoms with Crippen LogP contribution in [0.2, 0.25) is 0 Å². The number of rotatable bonds is 30. The standard InChI is InChI=1S/C39H78NO12/c1-5-7-9-11-13-15-16-17-19-21-23-40(3,4)25-29(41)26-48-27-30-32(42)34(44)37(47)39(51-30)50-28-31-33(43)35(45)36(46)38(52-31)49-24-22-20-18-14-12-10-8-6-2/h29-39,41-47H,5-28H2,1-4H3/q+1/t29?,30-,31-,32-,33-,34+,35+,36-,37-,38-,39+/m1/s1. The number of aliphatic hydroxyl groups is 7. The number of ether oxygens (including phenoxy) is 5. The van der Waals surface area contributed by atoms with Gasteiger partial charge in [-0.2, -0.15) is 0 Å². The van der Waals surface area contributed by atoms with Crippen molar-refractivity contribution < 1.29 is 63.9 Å². The molecule has 0 aliphatic carbocycles. The molecular weight excluding hydrogens is 674 g/mol. The van der Waals surface area contributed by atoms with Crippen LogP contribution in [0.3, 0.4) is 0 Å². The van der Waals surface area contributed by atoms with Crippen LogP contribution in [-0.4, -0.2) is 161 Å². The number of hydrogen-bond donors (Lipinski definition) is 7. The summed E-state index contributed by atoms with van der Waals surface area (Å²) in [4.78, 5) is 0. The lowest BCUT2D eigenvalue weighted by Gasteiger charge is -2.43. The van der Waals surface area contributed by atoms with Crippen LogP contribution in [0.15, 0.2) is 0 Å². The van der Waals surface area contributed by atoms with Crippen molar-refractivity contribution in [2.45, 2.75) is 197 Å². The molecule has 0 aromatic carbocycles. The van der Waals surface area contributed by atoms with E-state index in [0.717, 1.165) is 32.2 Å². The van der Waals surface area contributed by atoms with Crippen molar-refractivity contribution in [3.05, 3.63) is 0 Å². The number of unbranched alkanes of at least 4 members (excludes halogenated alkanes) is 16. The summed E-state index contributed by atoms with van der Waals surface area (Å²) >= 11 is 0. The predicted octanol–water partition coefficient (Wildman–Crippen LogP) is 3.15. The van der Waals surface area contributed by atoms with Crippen molar-refractivity contribution in [2.24, 2.45) is 0 Å². The maximum atomic E-state index is 10.7. The normalized spacial score (nSPS) is 30.5. The molecule has 0 aromatic rings. The van der Waals surface area contributed by atoms with Crippen LogP contribution in [0.25, 0.3) is 0 Å². The van der Waals surface area contributed by atoms with Crippen LogP contribution in [0, 0.1) is 0 Å². The molecule has 0 aromatic heterocycles. The van der Waals surface area contributed by atoms with Gasteiger partial charge in [-0.25, -0.2) is 0 Å². The van der Waals surface area contributed by atoms with Crippen LogP contribution in [-0.2, 0) is 23.7 Å². The first kappa shape index (κ1) is 47.6. The fourth-order valence-corrected chi connectivity index (χ4v) is 7.07. The third-order valence-corrected chi connectivity index (χ3v) is 10.5. The molecule has 0 radical (unpaired) electrons. The first-order valence-corrected chi connectivity index (χ1v) is 20.6. The van der Waals surface area contributed by atoms with Gasteiger partial charge in [0, 0.05) is 6.61 Å². The molecule has 2 aliphatic rings. The van der Waals surface area contributed by atoms with E-state index in [9.17, 15) is 35.7 Å². The number of nitrogens with zero attached hydrogens (tertiary/aromatic N) is 1. The minimum absolute atomic E-state index is 0.000861. The highest BCUT2D eigenvalue weighted by Gasteiger charge is 2.47. The Morgan fingerprint density at radius 1 is 0.519 bits per heavy atom. The van der Waals surface area contributed by atoms with Gasteiger partial charge in [0.25, 0.3) is 0 Å². The van der Waals surface area contributed by atoms with Gasteiger partial charge in [-0.15, -0.1) is 0 Å². The molecule has 52 heavy (non-hydrogen) atoms. The highest BCUT2D eigenvalue weighted by atomic mass is 16.7. The second kappa shape index (κ2) is 27.1. The first-order chi connectivity index (χ1) is 24.9. The summed E-state index contributed by atoms with van der Waals surface area (Å²) in [5.74, 6) is 0. The zero-order chi connectivity index (χ0) is 38.4. The second-order valence-corrected chi connectivity index (χ2v) is 15.9. The summed E-state index contributed by atoms with van der Waals surface area (Å²) in [7, 11) is 4.17. The van der Waals surface area contributed by atoms with Gasteiger partial charge in [-0.1, -0.05) is 110 Å². The van der Waals surface area contributed by atoms with E-state index in [-0.39, 0.29) is 19.8 Å². The van der Waals surface area contributed by atoms with Crippen LogP contribution in [0.1, 0.15) is 129 Å². The highest BCUT2D eigenvalue weighted by molar-refractivity contribution is 4.91. The Bertz CT molecular complexity index is 871. The van der Waals surface area contributed by atoms with Gasteiger partial charge >= 0.3 is 0 Å². The fraction of sp³-hybridized carbons (Fsp3) is 1.00. The number of likely N-dealkylation sites (N-methyl/N-ethyl adjacent to an activating group) is 1. The molecule has 2 fully saturated rings. The molecule has 13 heteroatoms. The van der Waals surface area contributed by atoms with Crippen molar-refractivity contribution >= 4 is 0 Å². The molecule has 2 saturated heterocycles. The van der Waals surface area contributed by atoms with E-state index in [1.54, 1.807) is 0 Å². The molecule has 0 amide bonds. The van der Waals surface area contributed by atoms with E-state index >= 15 is 0 Å². The molecule has 2 rings (SSSR count). The monoisotopic (exact) mass is 753 g/mol. The summed E-state index contributed by atoms with van der Waals surface area (Å²) in [6.45, 7) is 5.64. The van der Waals surface area contributed by atoms with Gasteiger partial charge in [-0.05, 0) is 19.3 Å². The maximum Gasteiger partial charge on any atom is 0.186 e. The predicted molar refractivity (Wildman–Crippen MR) is 198 cm³/mol. The van der Waals surface area contributed by atoms with Gasteiger partial charge in [0.2, 0.25) is 0 Å². The fourth-order valence-electron chi connectivity index (χ4n) is 7.07.